The Kier molecular flexibility index (Phi) is 4.38. The molecule has 2 atom stereocenters. The van der Waals surface area contributed by atoms with E-state index in [1.54, 1.807) is 0 Å². The molecule has 2 unspecified atom stereocenters. The van der Waals surface area contributed by atoms with Crippen molar-refractivity contribution in [3.63, 3.8) is 0 Å². The quantitative estimate of drug-likeness (QED) is 0.891. The zero-order valence-electron chi connectivity index (χ0n) is 11.0. The van der Waals surface area contributed by atoms with Crippen molar-refractivity contribution in [2.75, 3.05) is 5.75 Å². The topological polar surface area (TPSA) is 24.4 Å². The third kappa shape index (κ3) is 3.29. The number of hydrogen-bond acceptors (Lipinski definition) is 2. The van der Waals surface area contributed by atoms with Crippen molar-refractivity contribution in [1.29, 1.82) is 0 Å². The van der Waals surface area contributed by atoms with E-state index in [-0.39, 0.29) is 11.6 Å². The Bertz CT molecular complexity index is 444. The largest absolute Gasteiger partial charge is 0.359 e. The number of amidine groups is 1. The van der Waals surface area contributed by atoms with Gasteiger partial charge in [0, 0.05) is 15.8 Å². The summed E-state index contributed by atoms with van der Waals surface area (Å²) in [6.07, 6.45) is 1.13. The lowest BCUT2D eigenvalue weighted by molar-refractivity contribution is 0.465. The SMILES string of the molecule is CCC1(C)CSC(=NC(C)c2ccc(Br)cc2)N1. The van der Waals surface area contributed by atoms with E-state index in [0.29, 0.717) is 0 Å². The molecule has 0 spiro atoms. The van der Waals surface area contributed by atoms with E-state index >= 15 is 0 Å². The molecule has 0 bridgehead atoms. The number of hydrogen-bond donors (Lipinski definition) is 1. The van der Waals surface area contributed by atoms with E-state index in [9.17, 15) is 0 Å². The van der Waals surface area contributed by atoms with E-state index in [1.807, 2.05) is 11.8 Å². The summed E-state index contributed by atoms with van der Waals surface area (Å²) in [5, 5.41) is 4.61. The highest BCUT2D eigenvalue weighted by Gasteiger charge is 2.30. The van der Waals surface area contributed by atoms with E-state index in [2.05, 4.69) is 66.3 Å². The Morgan fingerprint density at radius 1 is 1.44 bits per heavy atom. The highest BCUT2D eigenvalue weighted by molar-refractivity contribution is 9.10. The average Bonchev–Trinajstić information content (AvgIpc) is 2.72. The molecule has 0 saturated carbocycles. The average molecular weight is 327 g/mol. The molecule has 98 valence electrons. The van der Waals surface area contributed by atoms with Crippen molar-refractivity contribution < 1.29 is 0 Å². The van der Waals surface area contributed by atoms with Gasteiger partial charge >= 0.3 is 0 Å². The number of rotatable bonds is 3. The lowest BCUT2D eigenvalue weighted by Crippen LogP contribution is -2.39. The van der Waals surface area contributed by atoms with Crippen LogP contribution >= 0.6 is 27.7 Å². The molecule has 1 aliphatic heterocycles. The lowest BCUT2D eigenvalue weighted by Gasteiger charge is -2.21. The summed E-state index contributed by atoms with van der Waals surface area (Å²) in [5.41, 5.74) is 1.46. The molecule has 1 N–H and O–H groups in total. The van der Waals surface area contributed by atoms with Crippen LogP contribution in [0.5, 0.6) is 0 Å². The minimum Gasteiger partial charge on any atom is -0.359 e. The zero-order chi connectivity index (χ0) is 13.2. The number of benzene rings is 1. The van der Waals surface area contributed by atoms with Gasteiger partial charge in [-0.2, -0.15) is 0 Å². The first-order valence-electron chi connectivity index (χ1n) is 6.27. The van der Waals surface area contributed by atoms with Crippen LogP contribution in [0.2, 0.25) is 0 Å². The molecule has 18 heavy (non-hydrogen) atoms. The minimum absolute atomic E-state index is 0.201. The predicted molar refractivity (Wildman–Crippen MR) is 84.3 cm³/mol. The Labute approximate surface area is 122 Å². The summed E-state index contributed by atoms with van der Waals surface area (Å²) >= 11 is 5.28. The van der Waals surface area contributed by atoms with Gasteiger partial charge in [-0.25, -0.2) is 0 Å². The Morgan fingerprint density at radius 2 is 2.11 bits per heavy atom. The van der Waals surface area contributed by atoms with Crippen LogP contribution in [0.25, 0.3) is 0 Å². The van der Waals surface area contributed by atoms with Crippen LogP contribution in [0.1, 0.15) is 38.8 Å². The third-order valence-corrected chi connectivity index (χ3v) is 5.17. The number of aliphatic imine (C=N–C) groups is 1. The minimum atomic E-state index is 0.201. The molecule has 1 saturated heterocycles. The van der Waals surface area contributed by atoms with Crippen LogP contribution in [0.15, 0.2) is 33.7 Å². The fourth-order valence-corrected chi connectivity index (χ4v) is 3.36. The highest BCUT2D eigenvalue weighted by atomic mass is 79.9. The van der Waals surface area contributed by atoms with Crippen molar-refractivity contribution >= 4 is 32.9 Å². The van der Waals surface area contributed by atoms with Gasteiger partial charge in [0.05, 0.1) is 6.04 Å². The molecule has 1 fully saturated rings. The summed E-state index contributed by atoms with van der Waals surface area (Å²) in [4.78, 5) is 4.77. The molecule has 1 heterocycles. The molecule has 2 nitrogen and oxygen atoms in total. The first kappa shape index (κ1) is 13.9. The smallest absolute Gasteiger partial charge is 0.157 e. The molecule has 0 amide bonds. The first-order valence-corrected chi connectivity index (χ1v) is 8.04. The van der Waals surface area contributed by atoms with Crippen molar-refractivity contribution in [1.82, 2.24) is 5.32 Å². The van der Waals surface area contributed by atoms with Gasteiger partial charge in [-0.1, -0.05) is 46.7 Å². The third-order valence-electron chi connectivity index (χ3n) is 3.38. The van der Waals surface area contributed by atoms with Crippen molar-refractivity contribution in [3.8, 4) is 0 Å². The van der Waals surface area contributed by atoms with Gasteiger partial charge in [0.15, 0.2) is 5.17 Å². The van der Waals surface area contributed by atoms with Gasteiger partial charge in [0.1, 0.15) is 0 Å². The standard InChI is InChI=1S/C14H19BrN2S/c1-4-14(3)9-18-13(17-14)16-10(2)11-5-7-12(15)8-6-11/h5-8,10H,4,9H2,1-3H3,(H,16,17). The Hall–Kier alpha value is -0.480. The van der Waals surface area contributed by atoms with Gasteiger partial charge in [-0.15, -0.1) is 0 Å². The highest BCUT2D eigenvalue weighted by Crippen LogP contribution is 2.28. The number of halogens is 1. The normalized spacial score (nSPS) is 27.2. The molecule has 1 aromatic carbocycles. The van der Waals surface area contributed by atoms with Gasteiger partial charge < -0.3 is 5.32 Å². The van der Waals surface area contributed by atoms with Gasteiger partial charge in [0.25, 0.3) is 0 Å². The van der Waals surface area contributed by atoms with Crippen molar-refractivity contribution in [2.24, 2.45) is 4.99 Å². The summed E-state index contributed by atoms with van der Waals surface area (Å²) in [7, 11) is 0. The van der Waals surface area contributed by atoms with Crippen LogP contribution < -0.4 is 5.32 Å². The molecule has 1 aromatic rings. The molecular formula is C14H19BrN2S. The molecule has 1 aliphatic rings. The van der Waals surface area contributed by atoms with E-state index in [1.165, 1.54) is 5.56 Å². The maximum absolute atomic E-state index is 4.77. The summed E-state index contributed by atoms with van der Waals surface area (Å²) < 4.78 is 1.11. The van der Waals surface area contributed by atoms with Crippen LogP contribution in [0, 0.1) is 0 Å². The van der Waals surface area contributed by atoms with Crippen LogP contribution in [0.4, 0.5) is 0 Å². The van der Waals surface area contributed by atoms with Crippen LogP contribution in [0.3, 0.4) is 0 Å². The molecule has 2 rings (SSSR count). The second kappa shape index (κ2) is 5.66. The van der Waals surface area contributed by atoms with Gasteiger partial charge in [-0.3, -0.25) is 4.99 Å². The maximum atomic E-state index is 4.77. The van der Waals surface area contributed by atoms with Gasteiger partial charge in [-0.05, 0) is 38.0 Å². The van der Waals surface area contributed by atoms with E-state index in [4.69, 9.17) is 4.99 Å². The monoisotopic (exact) mass is 326 g/mol. The lowest BCUT2D eigenvalue weighted by atomic mass is 10.0. The second-order valence-corrected chi connectivity index (χ2v) is 6.87. The Balaban J connectivity index is 2.07. The van der Waals surface area contributed by atoms with Crippen molar-refractivity contribution in [3.05, 3.63) is 34.3 Å². The molecule has 0 radical (unpaired) electrons. The summed E-state index contributed by atoms with van der Waals surface area (Å²) in [6.45, 7) is 6.61. The van der Waals surface area contributed by atoms with Crippen LogP contribution in [-0.4, -0.2) is 16.5 Å². The van der Waals surface area contributed by atoms with Crippen LogP contribution in [-0.2, 0) is 0 Å². The molecule has 0 aliphatic carbocycles. The van der Waals surface area contributed by atoms with Gasteiger partial charge in [0.2, 0.25) is 0 Å². The number of thioether (sulfide) groups is 1. The molecule has 0 aromatic heterocycles. The fourth-order valence-electron chi connectivity index (χ4n) is 1.81. The summed E-state index contributed by atoms with van der Waals surface area (Å²) in [6, 6.07) is 8.58. The maximum Gasteiger partial charge on any atom is 0.157 e. The molecular weight excluding hydrogens is 308 g/mol. The second-order valence-electron chi connectivity index (χ2n) is 4.99. The zero-order valence-corrected chi connectivity index (χ0v) is 13.4. The van der Waals surface area contributed by atoms with Crippen molar-refractivity contribution in [2.45, 2.75) is 38.8 Å². The number of nitrogens with one attached hydrogen (secondary N) is 1. The predicted octanol–water partition coefficient (Wildman–Crippen LogP) is 4.37. The number of nitrogens with zero attached hydrogens (tertiary/aromatic N) is 1. The first-order chi connectivity index (χ1) is 8.52. The Morgan fingerprint density at radius 3 is 2.67 bits per heavy atom. The molecule has 4 heteroatoms. The van der Waals surface area contributed by atoms with E-state index in [0.717, 1.165) is 21.8 Å². The summed E-state index contributed by atoms with van der Waals surface area (Å²) in [5.74, 6) is 1.11. The fraction of sp³-hybridized carbons (Fsp3) is 0.500. The van der Waals surface area contributed by atoms with E-state index < -0.39 is 0 Å².